The number of halogens is 1. The van der Waals surface area contributed by atoms with E-state index in [0.29, 0.717) is 17.2 Å². The van der Waals surface area contributed by atoms with Gasteiger partial charge in [-0.3, -0.25) is 0 Å². The molecule has 1 aliphatic heterocycles. The summed E-state index contributed by atoms with van der Waals surface area (Å²) in [7, 11) is 0. The van der Waals surface area contributed by atoms with Crippen LogP contribution in [0, 0.1) is 17.2 Å². The Morgan fingerprint density at radius 1 is 1.58 bits per heavy atom. The molecule has 1 aromatic rings. The molecule has 19 heavy (non-hydrogen) atoms. The molecule has 100 valence electrons. The highest BCUT2D eigenvalue weighted by molar-refractivity contribution is 9.10. The van der Waals surface area contributed by atoms with Gasteiger partial charge in [0, 0.05) is 17.6 Å². The van der Waals surface area contributed by atoms with Crippen molar-refractivity contribution >= 4 is 27.6 Å². The number of likely N-dealkylation sites (tertiary alicyclic amines) is 1. The summed E-state index contributed by atoms with van der Waals surface area (Å²) < 4.78 is 0.727. The Balaban J connectivity index is 2.04. The second-order valence-electron chi connectivity index (χ2n) is 4.93. The molecule has 0 saturated carbocycles. The van der Waals surface area contributed by atoms with Crippen LogP contribution in [0.3, 0.4) is 0 Å². The lowest BCUT2D eigenvalue weighted by Gasteiger charge is -2.31. The molecule has 1 aliphatic rings. The number of hydrogen-bond donors (Lipinski definition) is 1. The normalized spacial score (nSPS) is 18.8. The zero-order valence-electron chi connectivity index (χ0n) is 10.8. The summed E-state index contributed by atoms with van der Waals surface area (Å²) in [5.41, 5.74) is 1.26. The smallest absolute Gasteiger partial charge is 0.321 e. The van der Waals surface area contributed by atoms with E-state index in [2.05, 4.69) is 34.2 Å². The van der Waals surface area contributed by atoms with Gasteiger partial charge in [0.15, 0.2) is 0 Å². The van der Waals surface area contributed by atoms with E-state index in [9.17, 15) is 4.79 Å². The van der Waals surface area contributed by atoms with Crippen LogP contribution in [0.15, 0.2) is 22.7 Å². The fourth-order valence-electron chi connectivity index (χ4n) is 2.25. The lowest BCUT2D eigenvalue weighted by Crippen LogP contribution is -2.41. The van der Waals surface area contributed by atoms with Gasteiger partial charge in [0.25, 0.3) is 0 Å². The fraction of sp³-hybridized carbons (Fsp3) is 0.429. The number of amides is 2. The van der Waals surface area contributed by atoms with Gasteiger partial charge in [0.05, 0.1) is 17.3 Å². The third kappa shape index (κ3) is 3.48. The van der Waals surface area contributed by atoms with Crippen LogP contribution < -0.4 is 5.32 Å². The van der Waals surface area contributed by atoms with Crippen molar-refractivity contribution in [3.8, 4) is 6.07 Å². The van der Waals surface area contributed by atoms with Crippen LogP contribution >= 0.6 is 15.9 Å². The third-order valence-electron chi connectivity index (χ3n) is 3.28. The van der Waals surface area contributed by atoms with Crippen LogP contribution in [0.5, 0.6) is 0 Å². The predicted octanol–water partition coefficient (Wildman–Crippen LogP) is 3.58. The van der Waals surface area contributed by atoms with Crippen LogP contribution in [-0.2, 0) is 0 Å². The molecular formula is C14H16BrN3O. The molecule has 1 heterocycles. The first-order valence-electron chi connectivity index (χ1n) is 6.35. The zero-order chi connectivity index (χ0) is 13.8. The van der Waals surface area contributed by atoms with Crippen molar-refractivity contribution in [2.45, 2.75) is 19.8 Å². The van der Waals surface area contributed by atoms with E-state index < -0.39 is 0 Å². The number of rotatable bonds is 1. The summed E-state index contributed by atoms with van der Waals surface area (Å²) in [5, 5.41) is 11.7. The number of nitrogens with zero attached hydrogens (tertiary/aromatic N) is 2. The van der Waals surface area contributed by atoms with Crippen molar-refractivity contribution in [3.05, 3.63) is 28.2 Å². The maximum absolute atomic E-state index is 12.1. The molecule has 0 radical (unpaired) electrons. The average Bonchev–Trinajstić information content (AvgIpc) is 2.41. The summed E-state index contributed by atoms with van der Waals surface area (Å²) in [6.45, 7) is 3.78. The Bertz CT molecular complexity index is 524. The van der Waals surface area contributed by atoms with Crippen LogP contribution in [0.4, 0.5) is 10.5 Å². The number of nitriles is 1. The molecule has 1 atom stereocenters. The number of anilines is 1. The molecule has 1 saturated heterocycles. The number of carbonyl (C=O) groups excluding carboxylic acids is 1. The molecular weight excluding hydrogens is 306 g/mol. The zero-order valence-corrected chi connectivity index (χ0v) is 12.4. The van der Waals surface area contributed by atoms with E-state index in [0.717, 1.165) is 24.0 Å². The molecule has 0 aromatic heterocycles. The molecule has 1 fully saturated rings. The molecule has 2 rings (SSSR count). The molecule has 1 unspecified atom stereocenters. The van der Waals surface area contributed by atoms with Gasteiger partial charge in [-0.1, -0.05) is 6.92 Å². The van der Waals surface area contributed by atoms with Gasteiger partial charge in [-0.2, -0.15) is 5.26 Å². The number of urea groups is 1. The summed E-state index contributed by atoms with van der Waals surface area (Å²) >= 11 is 3.37. The lowest BCUT2D eigenvalue weighted by atomic mass is 10.0. The number of benzene rings is 1. The molecule has 1 N–H and O–H groups in total. The van der Waals surface area contributed by atoms with Gasteiger partial charge in [-0.25, -0.2) is 4.79 Å². The SMILES string of the molecule is CC1CCCN(C(=O)Nc2ccc(C#N)cc2Br)C1. The first-order valence-corrected chi connectivity index (χ1v) is 7.15. The Morgan fingerprint density at radius 3 is 3.00 bits per heavy atom. The minimum atomic E-state index is -0.0723. The van der Waals surface area contributed by atoms with E-state index >= 15 is 0 Å². The summed E-state index contributed by atoms with van der Waals surface area (Å²) in [6.07, 6.45) is 2.24. The Morgan fingerprint density at radius 2 is 2.37 bits per heavy atom. The Kier molecular flexibility index (Phi) is 4.43. The van der Waals surface area contributed by atoms with E-state index in [-0.39, 0.29) is 6.03 Å². The first kappa shape index (κ1) is 13.9. The summed E-state index contributed by atoms with van der Waals surface area (Å²) in [4.78, 5) is 14.0. The molecule has 1 aromatic carbocycles. The standard InChI is InChI=1S/C14H16BrN3O/c1-10-3-2-6-18(9-10)14(19)17-13-5-4-11(8-16)7-12(13)15/h4-5,7,10H,2-3,6,9H2,1H3,(H,17,19). The van der Waals surface area contributed by atoms with Crippen molar-refractivity contribution in [3.63, 3.8) is 0 Å². The van der Waals surface area contributed by atoms with Gasteiger partial charge >= 0.3 is 6.03 Å². The van der Waals surface area contributed by atoms with E-state index in [4.69, 9.17) is 5.26 Å². The molecule has 0 bridgehead atoms. The highest BCUT2D eigenvalue weighted by atomic mass is 79.9. The highest BCUT2D eigenvalue weighted by Crippen LogP contribution is 2.24. The van der Waals surface area contributed by atoms with Crippen molar-refractivity contribution in [1.82, 2.24) is 4.90 Å². The molecule has 4 nitrogen and oxygen atoms in total. The van der Waals surface area contributed by atoms with E-state index in [1.165, 1.54) is 6.42 Å². The topological polar surface area (TPSA) is 56.1 Å². The minimum absolute atomic E-state index is 0.0723. The second-order valence-corrected chi connectivity index (χ2v) is 5.78. The maximum Gasteiger partial charge on any atom is 0.321 e. The van der Waals surface area contributed by atoms with Gasteiger partial charge in [0.2, 0.25) is 0 Å². The molecule has 0 aliphatic carbocycles. The van der Waals surface area contributed by atoms with E-state index in [1.807, 2.05) is 4.90 Å². The van der Waals surface area contributed by atoms with Gasteiger partial charge < -0.3 is 10.2 Å². The van der Waals surface area contributed by atoms with Crippen LogP contribution in [0.1, 0.15) is 25.3 Å². The number of piperidine rings is 1. The summed E-state index contributed by atoms with van der Waals surface area (Å²) in [5.74, 6) is 0.559. The Labute approximate surface area is 121 Å². The van der Waals surface area contributed by atoms with Crippen LogP contribution in [0.2, 0.25) is 0 Å². The first-order chi connectivity index (χ1) is 9.10. The lowest BCUT2D eigenvalue weighted by molar-refractivity contribution is 0.182. The molecule has 5 heteroatoms. The third-order valence-corrected chi connectivity index (χ3v) is 3.94. The van der Waals surface area contributed by atoms with Crippen LogP contribution in [0.25, 0.3) is 0 Å². The minimum Gasteiger partial charge on any atom is -0.324 e. The van der Waals surface area contributed by atoms with Crippen molar-refractivity contribution in [1.29, 1.82) is 5.26 Å². The van der Waals surface area contributed by atoms with Gasteiger partial charge in [0.1, 0.15) is 0 Å². The highest BCUT2D eigenvalue weighted by Gasteiger charge is 2.21. The molecule has 2 amide bonds. The van der Waals surface area contributed by atoms with Gasteiger partial charge in [-0.05, 0) is 52.9 Å². The Hall–Kier alpha value is -1.54. The number of nitrogens with one attached hydrogen (secondary N) is 1. The predicted molar refractivity (Wildman–Crippen MR) is 77.8 cm³/mol. The number of carbonyl (C=O) groups is 1. The van der Waals surface area contributed by atoms with Crippen molar-refractivity contribution in [2.75, 3.05) is 18.4 Å². The average molecular weight is 322 g/mol. The number of hydrogen-bond acceptors (Lipinski definition) is 2. The van der Waals surface area contributed by atoms with Crippen molar-refractivity contribution in [2.24, 2.45) is 5.92 Å². The van der Waals surface area contributed by atoms with E-state index in [1.54, 1.807) is 18.2 Å². The molecule has 0 spiro atoms. The monoisotopic (exact) mass is 321 g/mol. The largest absolute Gasteiger partial charge is 0.324 e. The summed E-state index contributed by atoms with van der Waals surface area (Å²) in [6, 6.07) is 7.13. The maximum atomic E-state index is 12.1. The fourth-order valence-corrected chi connectivity index (χ4v) is 2.73. The van der Waals surface area contributed by atoms with Crippen LogP contribution in [-0.4, -0.2) is 24.0 Å². The quantitative estimate of drug-likeness (QED) is 0.859. The van der Waals surface area contributed by atoms with Crippen molar-refractivity contribution < 1.29 is 4.79 Å². The van der Waals surface area contributed by atoms with Gasteiger partial charge in [-0.15, -0.1) is 0 Å². The second kappa shape index (κ2) is 6.07.